The van der Waals surface area contributed by atoms with Gasteiger partial charge in [-0.2, -0.15) is 5.26 Å². The lowest BCUT2D eigenvalue weighted by Gasteiger charge is -2.14. The fraction of sp³-hybridized carbons (Fsp3) is 0.364. The van der Waals surface area contributed by atoms with Crippen molar-refractivity contribution >= 4 is 0 Å². The van der Waals surface area contributed by atoms with Gasteiger partial charge in [-0.15, -0.1) is 0 Å². The second kappa shape index (κ2) is 2.98. The number of aryl methyl sites for hydroxylation is 2. The molecule has 1 aliphatic rings. The highest BCUT2D eigenvalue weighted by Crippen LogP contribution is 2.21. The lowest BCUT2D eigenvalue weighted by atomic mass is 9.91. The largest absolute Gasteiger partial charge is 0.192 e. The summed E-state index contributed by atoms with van der Waals surface area (Å²) in [6.45, 7) is 0. The van der Waals surface area contributed by atoms with E-state index in [1.165, 1.54) is 30.4 Å². The van der Waals surface area contributed by atoms with Crippen LogP contribution < -0.4 is 0 Å². The molecule has 1 aromatic carbocycles. The zero-order chi connectivity index (χ0) is 8.39. The Morgan fingerprint density at radius 2 is 1.83 bits per heavy atom. The molecule has 0 unspecified atom stereocenters. The van der Waals surface area contributed by atoms with Gasteiger partial charge in [-0.3, -0.25) is 0 Å². The average molecular weight is 157 g/mol. The molecule has 0 saturated heterocycles. The van der Waals surface area contributed by atoms with Crippen LogP contribution in [0.5, 0.6) is 0 Å². The second-order valence-corrected chi connectivity index (χ2v) is 3.30. The van der Waals surface area contributed by atoms with Crippen molar-refractivity contribution in [2.45, 2.75) is 25.7 Å². The molecule has 0 N–H and O–H groups in total. The zero-order valence-electron chi connectivity index (χ0n) is 7.01. The van der Waals surface area contributed by atoms with E-state index < -0.39 is 0 Å². The van der Waals surface area contributed by atoms with Crippen LogP contribution in [0.1, 0.15) is 29.5 Å². The Balaban J connectivity index is 2.44. The molecule has 2 rings (SSSR count). The van der Waals surface area contributed by atoms with Crippen LogP contribution in [0.25, 0.3) is 0 Å². The Morgan fingerprint density at radius 3 is 2.58 bits per heavy atom. The van der Waals surface area contributed by atoms with Crippen molar-refractivity contribution in [1.82, 2.24) is 0 Å². The Labute approximate surface area is 72.6 Å². The summed E-state index contributed by atoms with van der Waals surface area (Å²) in [6, 6.07) is 8.24. The van der Waals surface area contributed by atoms with Gasteiger partial charge in [0.1, 0.15) is 0 Å². The van der Waals surface area contributed by atoms with Gasteiger partial charge in [-0.05, 0) is 48.9 Å². The Bertz CT molecular complexity index is 333. The van der Waals surface area contributed by atoms with E-state index >= 15 is 0 Å². The number of fused-ring (bicyclic) bond motifs is 1. The summed E-state index contributed by atoms with van der Waals surface area (Å²) in [5.41, 5.74) is 3.64. The summed E-state index contributed by atoms with van der Waals surface area (Å²) < 4.78 is 0. The Kier molecular flexibility index (Phi) is 1.83. The van der Waals surface area contributed by atoms with Gasteiger partial charge in [0.2, 0.25) is 0 Å². The van der Waals surface area contributed by atoms with E-state index in [9.17, 15) is 0 Å². The third kappa shape index (κ3) is 1.21. The molecule has 0 bridgehead atoms. The number of benzene rings is 1. The van der Waals surface area contributed by atoms with Crippen molar-refractivity contribution in [3.05, 3.63) is 34.9 Å². The molecule has 12 heavy (non-hydrogen) atoms. The molecule has 1 nitrogen and oxygen atoms in total. The lowest BCUT2D eigenvalue weighted by Crippen LogP contribution is -2.02. The maximum Gasteiger partial charge on any atom is 0.0991 e. The van der Waals surface area contributed by atoms with Crippen LogP contribution in [0.2, 0.25) is 0 Å². The normalized spacial score (nSPS) is 14.9. The van der Waals surface area contributed by atoms with Crippen LogP contribution in [0.4, 0.5) is 0 Å². The molecule has 1 heteroatoms. The molecule has 0 atom stereocenters. The minimum atomic E-state index is 0.802. The third-order valence-corrected chi connectivity index (χ3v) is 2.48. The predicted octanol–water partition coefficient (Wildman–Crippen LogP) is 2.44. The summed E-state index contributed by atoms with van der Waals surface area (Å²) in [6.07, 6.45) is 4.94. The highest BCUT2D eigenvalue weighted by molar-refractivity contribution is 5.39. The third-order valence-electron chi connectivity index (χ3n) is 2.48. The molecule has 0 aromatic heterocycles. The van der Waals surface area contributed by atoms with Gasteiger partial charge in [0.15, 0.2) is 0 Å². The molecular weight excluding hydrogens is 146 g/mol. The minimum Gasteiger partial charge on any atom is -0.192 e. The lowest BCUT2D eigenvalue weighted by molar-refractivity contribution is 0.685. The van der Waals surface area contributed by atoms with E-state index in [1.807, 2.05) is 12.1 Å². The minimum absolute atomic E-state index is 0.802. The summed E-state index contributed by atoms with van der Waals surface area (Å²) >= 11 is 0. The summed E-state index contributed by atoms with van der Waals surface area (Å²) in [5.74, 6) is 0. The number of nitriles is 1. The quantitative estimate of drug-likeness (QED) is 0.567. The van der Waals surface area contributed by atoms with Crippen LogP contribution >= 0.6 is 0 Å². The maximum atomic E-state index is 8.69. The van der Waals surface area contributed by atoms with Gasteiger partial charge in [-0.25, -0.2) is 0 Å². The molecule has 0 heterocycles. The van der Waals surface area contributed by atoms with Crippen LogP contribution in [0, 0.1) is 11.3 Å². The molecule has 1 aliphatic carbocycles. The molecular formula is C11H11N. The molecule has 0 saturated carbocycles. The van der Waals surface area contributed by atoms with Crippen molar-refractivity contribution in [2.75, 3.05) is 0 Å². The van der Waals surface area contributed by atoms with Crippen molar-refractivity contribution in [2.24, 2.45) is 0 Å². The average Bonchev–Trinajstić information content (AvgIpc) is 2.17. The number of hydrogen-bond donors (Lipinski definition) is 0. The molecule has 0 fully saturated rings. The van der Waals surface area contributed by atoms with Gasteiger partial charge in [-0.1, -0.05) is 6.07 Å². The van der Waals surface area contributed by atoms with Crippen LogP contribution in [0.3, 0.4) is 0 Å². The smallest absolute Gasteiger partial charge is 0.0991 e. The van der Waals surface area contributed by atoms with Gasteiger partial charge in [0.05, 0.1) is 11.6 Å². The number of hydrogen-bond acceptors (Lipinski definition) is 1. The second-order valence-electron chi connectivity index (χ2n) is 3.30. The van der Waals surface area contributed by atoms with E-state index in [1.54, 1.807) is 0 Å². The SMILES string of the molecule is N#Cc1ccc2c(c1)CCCC2. The topological polar surface area (TPSA) is 23.8 Å². The highest BCUT2D eigenvalue weighted by Gasteiger charge is 2.08. The molecule has 0 radical (unpaired) electrons. The van der Waals surface area contributed by atoms with Gasteiger partial charge < -0.3 is 0 Å². The van der Waals surface area contributed by atoms with Crippen molar-refractivity contribution < 1.29 is 0 Å². The monoisotopic (exact) mass is 157 g/mol. The van der Waals surface area contributed by atoms with Crippen LogP contribution in [-0.2, 0) is 12.8 Å². The zero-order valence-corrected chi connectivity index (χ0v) is 7.01. The maximum absolute atomic E-state index is 8.69. The summed E-state index contributed by atoms with van der Waals surface area (Å²) in [5, 5.41) is 8.69. The number of nitrogens with zero attached hydrogens (tertiary/aromatic N) is 1. The number of rotatable bonds is 0. The van der Waals surface area contributed by atoms with Crippen molar-refractivity contribution in [3.63, 3.8) is 0 Å². The summed E-state index contributed by atoms with van der Waals surface area (Å²) in [4.78, 5) is 0. The predicted molar refractivity (Wildman–Crippen MR) is 47.8 cm³/mol. The first-order chi connectivity index (χ1) is 5.90. The van der Waals surface area contributed by atoms with Crippen molar-refractivity contribution in [3.8, 4) is 6.07 Å². The van der Waals surface area contributed by atoms with Crippen LogP contribution in [0.15, 0.2) is 18.2 Å². The highest BCUT2D eigenvalue weighted by atomic mass is 14.2. The van der Waals surface area contributed by atoms with Crippen molar-refractivity contribution in [1.29, 1.82) is 5.26 Å². The Morgan fingerprint density at radius 1 is 1.08 bits per heavy atom. The van der Waals surface area contributed by atoms with E-state index in [0.29, 0.717) is 0 Å². The van der Waals surface area contributed by atoms with E-state index in [0.717, 1.165) is 12.0 Å². The fourth-order valence-corrected chi connectivity index (χ4v) is 1.80. The fourth-order valence-electron chi connectivity index (χ4n) is 1.80. The molecule has 0 aliphatic heterocycles. The molecule has 0 spiro atoms. The van der Waals surface area contributed by atoms with Gasteiger partial charge in [0, 0.05) is 0 Å². The standard InChI is InChI=1S/C11H11N/c12-8-9-5-6-10-3-1-2-4-11(10)7-9/h5-7H,1-4H2. The first-order valence-electron chi connectivity index (χ1n) is 4.42. The summed E-state index contributed by atoms with van der Waals surface area (Å²) in [7, 11) is 0. The molecule has 60 valence electrons. The van der Waals surface area contributed by atoms with E-state index in [2.05, 4.69) is 12.1 Å². The van der Waals surface area contributed by atoms with E-state index in [-0.39, 0.29) is 0 Å². The first kappa shape index (κ1) is 7.36. The molecule has 0 amide bonds. The first-order valence-corrected chi connectivity index (χ1v) is 4.42. The van der Waals surface area contributed by atoms with Crippen LogP contribution in [-0.4, -0.2) is 0 Å². The van der Waals surface area contributed by atoms with E-state index in [4.69, 9.17) is 5.26 Å². The van der Waals surface area contributed by atoms with Gasteiger partial charge in [0.25, 0.3) is 0 Å². The molecule has 1 aromatic rings. The Hall–Kier alpha value is -1.29. The van der Waals surface area contributed by atoms with Gasteiger partial charge >= 0.3 is 0 Å².